The summed E-state index contributed by atoms with van der Waals surface area (Å²) in [6, 6.07) is 5.26. The molecular weight excluding hydrogens is 449 g/mol. The fourth-order valence-electron chi connectivity index (χ4n) is 3.70. The maximum Gasteiger partial charge on any atom is 0.408 e. The van der Waals surface area contributed by atoms with Gasteiger partial charge in [-0.1, -0.05) is 0 Å². The zero-order valence-electron chi connectivity index (χ0n) is 18.6. The molecule has 180 valence electrons. The van der Waals surface area contributed by atoms with Gasteiger partial charge in [0.25, 0.3) is 0 Å². The molecule has 0 spiro atoms. The van der Waals surface area contributed by atoms with E-state index >= 15 is 0 Å². The summed E-state index contributed by atoms with van der Waals surface area (Å²) in [6.45, 7) is 2.24. The molecule has 0 unspecified atom stereocenters. The topological polar surface area (TPSA) is 104 Å². The second-order valence-corrected chi connectivity index (χ2v) is 7.78. The third kappa shape index (κ3) is 5.63. The third-order valence-corrected chi connectivity index (χ3v) is 5.32. The van der Waals surface area contributed by atoms with Gasteiger partial charge in [0.2, 0.25) is 0 Å². The number of pyridine rings is 2. The Balaban J connectivity index is 1.62. The molecule has 1 saturated heterocycles. The molecule has 1 fully saturated rings. The summed E-state index contributed by atoms with van der Waals surface area (Å²) in [6.07, 6.45) is 1.87. The Kier molecular flexibility index (Phi) is 6.96. The van der Waals surface area contributed by atoms with Gasteiger partial charge in [0.1, 0.15) is 12.4 Å². The largest absolute Gasteiger partial charge is 0.493 e. The van der Waals surface area contributed by atoms with Crippen molar-refractivity contribution in [2.75, 3.05) is 43.5 Å². The number of nitrogens with zero attached hydrogens (tertiary/aromatic N) is 5. The number of halogens is 3. The summed E-state index contributed by atoms with van der Waals surface area (Å²) in [5, 5.41) is 18.1. The summed E-state index contributed by atoms with van der Waals surface area (Å²) >= 11 is 0. The molecule has 3 aromatic heterocycles. The maximum atomic E-state index is 12.7. The molecule has 34 heavy (non-hydrogen) atoms. The van der Waals surface area contributed by atoms with Gasteiger partial charge in [0.15, 0.2) is 11.6 Å². The van der Waals surface area contributed by atoms with Gasteiger partial charge in [-0.25, -0.2) is 4.98 Å². The number of hydrogen-bond acceptors (Lipinski definition) is 8. The highest BCUT2D eigenvalue weighted by atomic mass is 19.4. The molecule has 0 amide bonds. The smallest absolute Gasteiger partial charge is 0.408 e. The molecule has 0 aliphatic carbocycles. The number of nitrogens with one attached hydrogen (secondary N) is 3. The van der Waals surface area contributed by atoms with Crippen LogP contribution in [0.5, 0.6) is 5.75 Å². The number of alkyl halides is 3. The van der Waals surface area contributed by atoms with E-state index < -0.39 is 12.7 Å². The maximum absolute atomic E-state index is 12.7. The van der Waals surface area contributed by atoms with Gasteiger partial charge in [-0.05, 0) is 31.2 Å². The lowest BCUT2D eigenvalue weighted by Crippen LogP contribution is -2.29. The Bertz CT molecular complexity index is 1140. The Morgan fingerprint density at radius 2 is 2.09 bits per heavy atom. The lowest BCUT2D eigenvalue weighted by atomic mass is 10.1. The first-order valence-corrected chi connectivity index (χ1v) is 10.7. The van der Waals surface area contributed by atoms with Gasteiger partial charge in [-0.3, -0.25) is 9.67 Å². The molecule has 3 aromatic rings. The Labute approximate surface area is 194 Å². The molecule has 12 heteroatoms. The van der Waals surface area contributed by atoms with Crippen molar-refractivity contribution in [2.24, 2.45) is 0 Å². The molecule has 0 bridgehead atoms. The van der Waals surface area contributed by atoms with Crippen molar-refractivity contribution in [1.29, 1.82) is 5.41 Å². The van der Waals surface area contributed by atoms with Gasteiger partial charge in [-0.15, -0.1) is 0 Å². The van der Waals surface area contributed by atoms with Crippen LogP contribution >= 0.6 is 0 Å². The molecule has 9 nitrogen and oxygen atoms in total. The van der Waals surface area contributed by atoms with Gasteiger partial charge in [0, 0.05) is 49.4 Å². The van der Waals surface area contributed by atoms with Crippen LogP contribution in [0.3, 0.4) is 0 Å². The van der Waals surface area contributed by atoms with Crippen molar-refractivity contribution < 1.29 is 17.9 Å². The standard InChI is InChI=1S/C22H25F3N8O/c1-34-19-3-4-20(31-21(19)32-7-2-5-27-6-8-32)30-18-9-17(28-11-15(18)10-26)16-12-29-33(13-16)14-22(23,24)25/h3-4,9-13,26-27H,2,5-8,14H2,1H3,(H,28,30,31). The summed E-state index contributed by atoms with van der Waals surface area (Å²) in [7, 11) is 1.60. The first-order valence-electron chi connectivity index (χ1n) is 10.7. The van der Waals surface area contributed by atoms with Crippen molar-refractivity contribution in [3.63, 3.8) is 0 Å². The zero-order valence-corrected chi connectivity index (χ0v) is 18.6. The molecular formula is C22H25F3N8O. The van der Waals surface area contributed by atoms with E-state index in [4.69, 9.17) is 15.1 Å². The molecule has 0 aromatic carbocycles. The first kappa shape index (κ1) is 23.5. The van der Waals surface area contributed by atoms with Crippen LogP contribution in [0.4, 0.5) is 30.5 Å². The predicted octanol–water partition coefficient (Wildman–Crippen LogP) is 3.45. The molecule has 1 aliphatic rings. The Morgan fingerprint density at radius 1 is 1.24 bits per heavy atom. The number of ether oxygens (including phenoxy) is 1. The minimum Gasteiger partial charge on any atom is -0.493 e. The lowest BCUT2D eigenvalue weighted by Gasteiger charge is -2.24. The van der Waals surface area contributed by atoms with E-state index in [0.717, 1.165) is 49.3 Å². The number of anilines is 3. The van der Waals surface area contributed by atoms with Crippen molar-refractivity contribution >= 4 is 23.5 Å². The van der Waals surface area contributed by atoms with E-state index in [0.29, 0.717) is 34.1 Å². The minimum absolute atomic E-state index is 0.425. The normalized spacial score (nSPS) is 14.5. The average molecular weight is 474 g/mol. The van der Waals surface area contributed by atoms with E-state index in [1.54, 1.807) is 19.2 Å². The van der Waals surface area contributed by atoms with Crippen molar-refractivity contribution in [3.05, 3.63) is 42.4 Å². The van der Waals surface area contributed by atoms with E-state index in [2.05, 4.69) is 25.6 Å². The van der Waals surface area contributed by atoms with Crippen LogP contribution in [0.1, 0.15) is 12.0 Å². The number of aromatic nitrogens is 4. The second-order valence-electron chi connectivity index (χ2n) is 7.78. The second kappa shape index (κ2) is 10.1. The predicted molar refractivity (Wildman–Crippen MR) is 123 cm³/mol. The minimum atomic E-state index is -4.37. The quantitative estimate of drug-likeness (QED) is 0.451. The van der Waals surface area contributed by atoms with Crippen LogP contribution in [0.2, 0.25) is 0 Å². The van der Waals surface area contributed by atoms with E-state index in [1.807, 2.05) is 6.07 Å². The zero-order chi connectivity index (χ0) is 24.1. The van der Waals surface area contributed by atoms with E-state index in [9.17, 15) is 13.2 Å². The Morgan fingerprint density at radius 3 is 2.85 bits per heavy atom. The van der Waals surface area contributed by atoms with Gasteiger partial charge in [-0.2, -0.15) is 18.3 Å². The SMILES string of the molecule is COc1ccc(Nc2cc(-c3cnn(CC(F)(F)F)c3)ncc2C=N)nc1N1CCCNCC1. The third-order valence-electron chi connectivity index (χ3n) is 5.32. The van der Waals surface area contributed by atoms with Crippen molar-refractivity contribution in [1.82, 2.24) is 25.1 Å². The summed E-state index contributed by atoms with van der Waals surface area (Å²) in [5.74, 6) is 1.92. The number of rotatable bonds is 7. The fraction of sp³-hybridized carbons (Fsp3) is 0.364. The first-order chi connectivity index (χ1) is 16.4. The molecule has 3 N–H and O–H groups in total. The molecule has 4 heterocycles. The van der Waals surface area contributed by atoms with Crippen LogP contribution in [-0.4, -0.2) is 65.4 Å². The monoisotopic (exact) mass is 474 g/mol. The molecule has 0 atom stereocenters. The van der Waals surface area contributed by atoms with Crippen LogP contribution in [0.25, 0.3) is 11.3 Å². The summed E-state index contributed by atoms with van der Waals surface area (Å²) in [5.41, 5.74) is 1.91. The Hall–Kier alpha value is -3.67. The van der Waals surface area contributed by atoms with Gasteiger partial charge >= 0.3 is 6.18 Å². The number of hydrogen-bond donors (Lipinski definition) is 3. The van der Waals surface area contributed by atoms with Crippen molar-refractivity contribution in [3.8, 4) is 17.0 Å². The van der Waals surface area contributed by atoms with Crippen LogP contribution < -0.4 is 20.3 Å². The molecule has 1 aliphatic heterocycles. The highest BCUT2D eigenvalue weighted by Crippen LogP contribution is 2.31. The lowest BCUT2D eigenvalue weighted by molar-refractivity contribution is -0.142. The fourth-order valence-corrected chi connectivity index (χ4v) is 3.70. The highest BCUT2D eigenvalue weighted by molar-refractivity contribution is 5.88. The van der Waals surface area contributed by atoms with Crippen LogP contribution in [0, 0.1) is 5.41 Å². The van der Waals surface area contributed by atoms with Crippen molar-refractivity contribution in [2.45, 2.75) is 19.1 Å². The molecule has 0 radical (unpaired) electrons. The van der Waals surface area contributed by atoms with Gasteiger partial charge in [0.05, 0.1) is 24.7 Å². The van der Waals surface area contributed by atoms with E-state index in [-0.39, 0.29) is 0 Å². The highest BCUT2D eigenvalue weighted by Gasteiger charge is 2.28. The van der Waals surface area contributed by atoms with Gasteiger partial charge < -0.3 is 25.7 Å². The molecule has 4 rings (SSSR count). The average Bonchev–Trinajstić information content (AvgIpc) is 3.09. The number of methoxy groups -OCH3 is 1. The van der Waals surface area contributed by atoms with Crippen LogP contribution in [-0.2, 0) is 6.54 Å². The molecule has 0 saturated carbocycles. The summed E-state index contributed by atoms with van der Waals surface area (Å²) in [4.78, 5) is 11.2. The summed E-state index contributed by atoms with van der Waals surface area (Å²) < 4.78 is 44.3. The van der Waals surface area contributed by atoms with Crippen LogP contribution in [0.15, 0.2) is 36.8 Å². The van der Waals surface area contributed by atoms with E-state index in [1.165, 1.54) is 18.6 Å².